The predicted molar refractivity (Wildman–Crippen MR) is 110 cm³/mol. The third-order valence-corrected chi connectivity index (χ3v) is 6.30. The number of rotatable bonds is 7. The number of imidazole rings is 2. The fraction of sp³-hybridized carbons (Fsp3) is 0.529. The molecular formula is C17H22ClN7O4S. The topological polar surface area (TPSA) is 143 Å². The molecule has 4 N–H and O–H groups in total. The van der Waals surface area contributed by atoms with E-state index in [1.165, 1.54) is 10.9 Å². The Labute approximate surface area is 181 Å². The smallest absolute Gasteiger partial charge is 0.226 e. The average molecular weight is 456 g/mol. The summed E-state index contributed by atoms with van der Waals surface area (Å²) in [7, 11) is 1.94. The highest BCUT2D eigenvalue weighted by Crippen LogP contribution is 2.33. The van der Waals surface area contributed by atoms with E-state index in [0.717, 1.165) is 10.9 Å². The van der Waals surface area contributed by atoms with Crippen LogP contribution in [0.2, 0.25) is 5.28 Å². The Balaban J connectivity index is 1.56. The minimum atomic E-state index is -1.25. The lowest BCUT2D eigenvalue weighted by Crippen LogP contribution is -2.33. The number of aromatic nitrogens is 6. The van der Waals surface area contributed by atoms with E-state index in [4.69, 9.17) is 16.3 Å². The lowest BCUT2D eigenvalue weighted by molar-refractivity contribution is -0.0511. The first-order valence-electron chi connectivity index (χ1n) is 9.28. The molecule has 30 heavy (non-hydrogen) atoms. The Morgan fingerprint density at radius 3 is 2.77 bits per heavy atom. The highest BCUT2D eigenvalue weighted by atomic mass is 35.5. The Kier molecular flexibility index (Phi) is 6.14. The summed E-state index contributed by atoms with van der Waals surface area (Å²) in [5.74, 6) is 1.17. The summed E-state index contributed by atoms with van der Waals surface area (Å²) in [6, 6.07) is 0.0138. The molecule has 1 aliphatic heterocycles. The van der Waals surface area contributed by atoms with Crippen molar-refractivity contribution in [3.63, 3.8) is 0 Å². The Morgan fingerprint density at radius 1 is 1.30 bits per heavy atom. The van der Waals surface area contributed by atoms with Gasteiger partial charge in [-0.25, -0.2) is 9.97 Å². The van der Waals surface area contributed by atoms with Crippen molar-refractivity contribution in [2.45, 2.75) is 42.7 Å². The second kappa shape index (κ2) is 8.65. The number of aliphatic hydroxyl groups is 3. The zero-order valence-corrected chi connectivity index (χ0v) is 17.8. The second-order valence-corrected chi connectivity index (χ2v) is 8.40. The largest absolute Gasteiger partial charge is 0.394 e. The van der Waals surface area contributed by atoms with Gasteiger partial charge in [0, 0.05) is 31.2 Å². The lowest BCUT2D eigenvalue weighted by atomic mass is 10.1. The summed E-state index contributed by atoms with van der Waals surface area (Å²) in [5, 5.41) is 33.9. The Morgan fingerprint density at radius 2 is 2.10 bits per heavy atom. The number of nitrogens with one attached hydrogen (secondary N) is 1. The molecule has 0 spiro atoms. The highest BCUT2D eigenvalue weighted by Gasteiger charge is 2.44. The quantitative estimate of drug-likeness (QED) is 0.292. The van der Waals surface area contributed by atoms with Crippen molar-refractivity contribution >= 4 is 40.3 Å². The molecule has 0 amide bonds. The maximum Gasteiger partial charge on any atom is 0.226 e. The number of halogens is 1. The van der Waals surface area contributed by atoms with Gasteiger partial charge < -0.3 is 29.9 Å². The number of anilines is 1. The monoisotopic (exact) mass is 455 g/mol. The summed E-state index contributed by atoms with van der Waals surface area (Å²) in [4.78, 5) is 17.1. The zero-order chi connectivity index (χ0) is 21.4. The van der Waals surface area contributed by atoms with Gasteiger partial charge in [0.15, 0.2) is 28.4 Å². The first kappa shape index (κ1) is 21.3. The fourth-order valence-electron chi connectivity index (χ4n) is 3.25. The molecule has 4 rings (SSSR count). The van der Waals surface area contributed by atoms with Crippen molar-refractivity contribution < 1.29 is 20.1 Å². The summed E-state index contributed by atoms with van der Waals surface area (Å²) in [5.41, 5.74) is 0.794. The summed E-state index contributed by atoms with van der Waals surface area (Å²) < 4.78 is 9.00. The number of thioether (sulfide) groups is 1. The molecule has 13 heteroatoms. The van der Waals surface area contributed by atoms with Crippen LogP contribution in [0, 0.1) is 0 Å². The lowest BCUT2D eigenvalue weighted by Gasteiger charge is -2.17. The molecule has 0 bridgehead atoms. The average Bonchev–Trinajstić information content (AvgIpc) is 3.39. The highest BCUT2D eigenvalue weighted by molar-refractivity contribution is 7.99. The van der Waals surface area contributed by atoms with E-state index in [1.54, 1.807) is 18.0 Å². The Hall–Kier alpha value is -1.96. The molecule has 0 saturated carbocycles. The molecule has 11 nitrogen and oxygen atoms in total. The van der Waals surface area contributed by atoms with Gasteiger partial charge in [-0.3, -0.25) is 4.57 Å². The molecule has 1 aliphatic rings. The molecule has 5 atom stereocenters. The van der Waals surface area contributed by atoms with Gasteiger partial charge >= 0.3 is 0 Å². The third-order valence-electron chi connectivity index (χ3n) is 4.81. The van der Waals surface area contributed by atoms with Gasteiger partial charge in [-0.2, -0.15) is 9.97 Å². The van der Waals surface area contributed by atoms with E-state index >= 15 is 0 Å². The maximum atomic E-state index is 10.3. The minimum absolute atomic E-state index is 0.00227. The maximum absolute atomic E-state index is 10.3. The van der Waals surface area contributed by atoms with Crippen LogP contribution in [0.25, 0.3) is 11.2 Å². The molecule has 2 unspecified atom stereocenters. The molecule has 3 aromatic heterocycles. The second-order valence-electron chi connectivity index (χ2n) is 7.07. The number of fused-ring (bicyclic) bond motifs is 1. The Bertz CT molecular complexity index is 1030. The SMILES string of the molecule is C[C@H](CSc1nccn1C)Nc1nc(Cl)nc2c1ncn2[C@@H]1O[C@H](CO)C(O)C1O. The molecule has 3 aromatic rings. The van der Waals surface area contributed by atoms with Crippen molar-refractivity contribution in [2.24, 2.45) is 7.05 Å². The van der Waals surface area contributed by atoms with Crippen molar-refractivity contribution in [1.82, 2.24) is 29.1 Å². The van der Waals surface area contributed by atoms with Gasteiger partial charge in [0.2, 0.25) is 5.28 Å². The number of aliphatic hydroxyl groups excluding tert-OH is 3. The zero-order valence-electron chi connectivity index (χ0n) is 16.3. The normalized spacial score (nSPS) is 25.1. The molecule has 4 heterocycles. The van der Waals surface area contributed by atoms with Crippen LogP contribution < -0.4 is 5.32 Å². The van der Waals surface area contributed by atoms with Crippen molar-refractivity contribution in [1.29, 1.82) is 0 Å². The third kappa shape index (κ3) is 3.98. The van der Waals surface area contributed by atoms with E-state index in [1.807, 2.05) is 24.7 Å². The summed E-state index contributed by atoms with van der Waals surface area (Å²) in [6.45, 7) is 1.58. The first-order valence-corrected chi connectivity index (χ1v) is 10.6. The predicted octanol–water partition coefficient (Wildman–Crippen LogP) is 0.417. The van der Waals surface area contributed by atoms with Crippen molar-refractivity contribution in [3.05, 3.63) is 24.0 Å². The number of hydrogen-bond acceptors (Lipinski definition) is 10. The van der Waals surface area contributed by atoms with E-state index in [-0.39, 0.29) is 11.3 Å². The van der Waals surface area contributed by atoms with E-state index < -0.39 is 31.1 Å². The van der Waals surface area contributed by atoms with Gasteiger partial charge in [-0.1, -0.05) is 11.8 Å². The van der Waals surface area contributed by atoms with Crippen molar-refractivity contribution in [2.75, 3.05) is 17.7 Å². The minimum Gasteiger partial charge on any atom is -0.394 e. The van der Waals surface area contributed by atoms with E-state index in [0.29, 0.717) is 17.0 Å². The molecule has 1 fully saturated rings. The van der Waals surface area contributed by atoms with Crippen LogP contribution in [0.5, 0.6) is 0 Å². The van der Waals surface area contributed by atoms with Gasteiger partial charge in [0.25, 0.3) is 0 Å². The number of ether oxygens (including phenoxy) is 1. The van der Waals surface area contributed by atoms with Crippen LogP contribution in [0.1, 0.15) is 13.2 Å². The van der Waals surface area contributed by atoms with Gasteiger partial charge in [0.05, 0.1) is 12.9 Å². The van der Waals surface area contributed by atoms with Crippen LogP contribution in [-0.4, -0.2) is 81.1 Å². The van der Waals surface area contributed by atoms with Crippen LogP contribution in [0.4, 0.5) is 5.82 Å². The summed E-state index contributed by atoms with van der Waals surface area (Å²) in [6.07, 6.45) is 0.734. The molecule has 1 saturated heterocycles. The van der Waals surface area contributed by atoms with E-state index in [9.17, 15) is 15.3 Å². The van der Waals surface area contributed by atoms with Crippen LogP contribution in [0.15, 0.2) is 23.9 Å². The number of aryl methyl sites for hydroxylation is 1. The number of nitrogens with zero attached hydrogens (tertiary/aromatic N) is 6. The van der Waals surface area contributed by atoms with Gasteiger partial charge in [-0.05, 0) is 18.5 Å². The van der Waals surface area contributed by atoms with Crippen LogP contribution in [-0.2, 0) is 11.8 Å². The van der Waals surface area contributed by atoms with E-state index in [2.05, 4.69) is 25.3 Å². The molecule has 0 aliphatic carbocycles. The number of hydrogen-bond donors (Lipinski definition) is 4. The molecule has 162 valence electrons. The standard InChI is InChI=1S/C17H22ClN7O4S/c1-8(6-30-17-19-3-4-24(17)2)21-13-10-14(23-16(18)22-13)25(7-20-10)15-12(28)11(27)9(5-26)29-15/h3-4,7-9,11-12,15,26-28H,5-6H2,1-2H3,(H,21,22,23)/t8-,9-,11?,12?,15-/m1/s1. The molecule has 0 radical (unpaired) electrons. The van der Waals surface area contributed by atoms with Crippen LogP contribution in [0.3, 0.4) is 0 Å². The van der Waals surface area contributed by atoms with Crippen molar-refractivity contribution in [3.8, 4) is 0 Å². The fourth-order valence-corrected chi connectivity index (χ4v) is 4.30. The molecular weight excluding hydrogens is 434 g/mol. The van der Waals surface area contributed by atoms with Gasteiger partial charge in [-0.15, -0.1) is 0 Å². The summed E-state index contributed by atoms with van der Waals surface area (Å²) >= 11 is 7.73. The van der Waals surface area contributed by atoms with Gasteiger partial charge in [0.1, 0.15) is 18.3 Å². The van der Waals surface area contributed by atoms with Crippen LogP contribution >= 0.6 is 23.4 Å². The molecule has 0 aromatic carbocycles. The first-order chi connectivity index (χ1) is 14.4.